The van der Waals surface area contributed by atoms with Gasteiger partial charge in [0.25, 0.3) is 0 Å². The third-order valence-electron chi connectivity index (χ3n) is 10.5. The minimum Gasteiger partial charge on any atom is -0.495 e. The normalized spacial score (nSPS) is 50.2. The number of carbonyl (C=O) groups excluding carboxylic acids is 3. The highest BCUT2D eigenvalue weighted by Gasteiger charge is 2.83. The number of aliphatic hydroxyl groups is 1. The quantitative estimate of drug-likeness (QED) is 0.216. The van der Waals surface area contributed by atoms with Crippen LogP contribution in [-0.2, 0) is 47.5 Å². The van der Waals surface area contributed by atoms with E-state index in [1.54, 1.807) is 12.2 Å². The van der Waals surface area contributed by atoms with Gasteiger partial charge in [-0.2, -0.15) is 0 Å². The van der Waals surface area contributed by atoms with Crippen LogP contribution in [0, 0.1) is 10.8 Å². The van der Waals surface area contributed by atoms with E-state index in [0.717, 1.165) is 5.57 Å². The van der Waals surface area contributed by atoms with Crippen molar-refractivity contribution >= 4 is 17.9 Å². The maximum Gasteiger partial charge on any atom is 0.338 e. The first-order valence-electron chi connectivity index (χ1n) is 13.9. The highest BCUT2D eigenvalue weighted by molar-refractivity contribution is 5.82. The second kappa shape index (κ2) is 8.64. The molecule has 7 aliphatic rings. The van der Waals surface area contributed by atoms with E-state index in [9.17, 15) is 19.5 Å². The van der Waals surface area contributed by atoms with E-state index in [4.69, 9.17) is 33.2 Å². The lowest BCUT2D eigenvalue weighted by molar-refractivity contribution is -0.240. The van der Waals surface area contributed by atoms with Gasteiger partial charge in [-0.05, 0) is 25.0 Å². The fraction of sp³-hybridized carbons (Fsp3) is 0.690. The van der Waals surface area contributed by atoms with Gasteiger partial charge in [0, 0.05) is 32.3 Å². The molecule has 5 heterocycles. The summed E-state index contributed by atoms with van der Waals surface area (Å²) in [6.45, 7) is 5.83. The number of fused-ring (bicyclic) bond motifs is 1. The molecule has 0 radical (unpaired) electrons. The largest absolute Gasteiger partial charge is 0.495 e. The molecule has 4 saturated heterocycles. The SMILES string of the molecule is CC(=O)O[C@H]1C[C@@]23COC(=O)[C@H]4O[C@]45CCO/C(=C\CC=CC(=O)O[C@@H]4C[C@@H](O[C@@H]2C=C1C)[C@@]1(CO1)[C@]43C)[C@@H]5O. The topological polar surface area (TPSA) is 143 Å². The molecule has 0 aromatic rings. The van der Waals surface area contributed by atoms with Gasteiger partial charge in [0.1, 0.15) is 41.9 Å². The summed E-state index contributed by atoms with van der Waals surface area (Å²) < 4.78 is 42.1. The molecule has 11 heteroatoms. The fourth-order valence-electron chi connectivity index (χ4n) is 8.05. The Hall–Kier alpha value is -2.73. The molecule has 1 N–H and O–H groups in total. The van der Waals surface area contributed by atoms with Crippen LogP contribution in [0.3, 0.4) is 0 Å². The maximum absolute atomic E-state index is 13.5. The Morgan fingerprint density at radius 3 is 2.73 bits per heavy atom. The smallest absolute Gasteiger partial charge is 0.338 e. The molecule has 0 aromatic heterocycles. The van der Waals surface area contributed by atoms with Gasteiger partial charge in [-0.1, -0.05) is 19.1 Å². The maximum atomic E-state index is 13.5. The zero-order valence-electron chi connectivity index (χ0n) is 22.8. The predicted octanol–water partition coefficient (Wildman–Crippen LogP) is 1.42. The number of hydrogen-bond donors (Lipinski definition) is 1. The highest BCUT2D eigenvalue weighted by Crippen LogP contribution is 2.72. The van der Waals surface area contributed by atoms with Gasteiger partial charge in [-0.15, -0.1) is 0 Å². The summed E-state index contributed by atoms with van der Waals surface area (Å²) in [5, 5.41) is 11.0. The van der Waals surface area contributed by atoms with Crippen molar-refractivity contribution in [1.29, 1.82) is 0 Å². The molecule has 4 bridgehead atoms. The van der Waals surface area contributed by atoms with Crippen molar-refractivity contribution in [3.63, 3.8) is 0 Å². The average Bonchev–Trinajstić information content (AvgIpc) is 3.81. The summed E-state index contributed by atoms with van der Waals surface area (Å²) in [7, 11) is 0. The molecule has 11 nitrogen and oxygen atoms in total. The number of rotatable bonds is 1. The van der Waals surface area contributed by atoms with E-state index in [0.29, 0.717) is 31.6 Å². The third-order valence-corrected chi connectivity index (χ3v) is 10.5. The van der Waals surface area contributed by atoms with Crippen molar-refractivity contribution < 1.29 is 52.6 Å². The molecule has 216 valence electrons. The van der Waals surface area contributed by atoms with Crippen LogP contribution >= 0.6 is 0 Å². The van der Waals surface area contributed by atoms with E-state index < -0.39 is 70.5 Å². The van der Waals surface area contributed by atoms with Crippen LogP contribution in [-0.4, -0.2) is 90.7 Å². The Labute approximate surface area is 231 Å². The summed E-state index contributed by atoms with van der Waals surface area (Å²) in [6.07, 6.45) is 3.84. The molecule has 5 aliphatic heterocycles. The molecule has 2 aliphatic carbocycles. The second-order valence-electron chi connectivity index (χ2n) is 12.3. The van der Waals surface area contributed by atoms with Crippen molar-refractivity contribution in [2.75, 3.05) is 19.8 Å². The molecule has 0 aromatic carbocycles. The van der Waals surface area contributed by atoms with E-state index in [1.807, 2.05) is 19.9 Å². The lowest BCUT2D eigenvalue weighted by Gasteiger charge is -2.59. The number of carbonyl (C=O) groups is 3. The lowest BCUT2D eigenvalue weighted by atomic mass is 9.51. The van der Waals surface area contributed by atoms with Crippen LogP contribution in [0.5, 0.6) is 0 Å². The lowest BCUT2D eigenvalue weighted by Crippen LogP contribution is -2.68. The Morgan fingerprint density at radius 1 is 1.18 bits per heavy atom. The first kappa shape index (κ1) is 26.2. The van der Waals surface area contributed by atoms with Gasteiger partial charge in [-0.25, -0.2) is 9.59 Å². The van der Waals surface area contributed by atoms with Gasteiger partial charge in [0.2, 0.25) is 0 Å². The minimum atomic E-state index is -1.15. The summed E-state index contributed by atoms with van der Waals surface area (Å²) in [5.74, 6) is -1.25. The molecule has 0 unspecified atom stereocenters. The Morgan fingerprint density at radius 2 is 1.98 bits per heavy atom. The summed E-state index contributed by atoms with van der Waals surface area (Å²) in [5.41, 5.74) is -2.81. The number of hydrogen-bond acceptors (Lipinski definition) is 11. The Bertz CT molecular complexity index is 1250. The van der Waals surface area contributed by atoms with Gasteiger partial charge < -0.3 is 38.3 Å². The zero-order chi connectivity index (χ0) is 28.1. The monoisotopic (exact) mass is 558 g/mol. The number of esters is 3. The molecule has 40 heavy (non-hydrogen) atoms. The molecule has 10 atom stereocenters. The van der Waals surface area contributed by atoms with Crippen molar-refractivity contribution in [2.24, 2.45) is 10.8 Å². The summed E-state index contributed by atoms with van der Waals surface area (Å²) in [4.78, 5) is 38.6. The molecule has 3 spiro atoms. The number of cyclic esters (lactones) is 1. The van der Waals surface area contributed by atoms with E-state index in [-0.39, 0.29) is 25.7 Å². The second-order valence-corrected chi connectivity index (χ2v) is 12.3. The number of aliphatic hydroxyl groups excluding tert-OH is 1. The van der Waals surface area contributed by atoms with Crippen LogP contribution in [0.1, 0.15) is 46.5 Å². The number of ether oxygens (including phenoxy) is 7. The molecular formula is C29H34O11. The molecule has 5 fully saturated rings. The summed E-state index contributed by atoms with van der Waals surface area (Å²) >= 11 is 0. The van der Waals surface area contributed by atoms with E-state index in [2.05, 4.69) is 0 Å². The van der Waals surface area contributed by atoms with Crippen LogP contribution in [0.25, 0.3) is 0 Å². The fourth-order valence-corrected chi connectivity index (χ4v) is 8.05. The first-order chi connectivity index (χ1) is 19.1. The number of allylic oxidation sites excluding steroid dienone is 2. The standard InChI is InChI=1S/C29H34O11/c1-15-10-20-27(12-18(15)37-16(2)30)13-35-25(33)24-28(40-24)8-9-34-17(23(28)32)6-4-5-7-22(31)39-19-11-21(38-20)29(14-36-29)26(19,27)3/h5-7,10,18-21,23-24,32H,4,8-9,11-14H2,1-3H3/b7-5?,17-6-/t18-,19+,20+,21+,23-,24+,26+,27+,28-,29-/m0/s1. The van der Waals surface area contributed by atoms with Gasteiger partial charge in [0.05, 0.1) is 36.3 Å². The summed E-state index contributed by atoms with van der Waals surface area (Å²) in [6, 6.07) is 0. The minimum absolute atomic E-state index is 0.110. The zero-order valence-corrected chi connectivity index (χ0v) is 22.8. The number of epoxide rings is 2. The van der Waals surface area contributed by atoms with Crippen molar-refractivity contribution in [2.45, 2.75) is 94.3 Å². The van der Waals surface area contributed by atoms with Gasteiger partial charge in [0.15, 0.2) is 6.10 Å². The molecule has 1 saturated carbocycles. The van der Waals surface area contributed by atoms with Crippen molar-refractivity contribution in [3.05, 3.63) is 35.6 Å². The van der Waals surface area contributed by atoms with Crippen LogP contribution < -0.4 is 0 Å². The van der Waals surface area contributed by atoms with Gasteiger partial charge in [-0.3, -0.25) is 4.79 Å². The van der Waals surface area contributed by atoms with Crippen molar-refractivity contribution in [3.8, 4) is 0 Å². The third kappa shape index (κ3) is 3.41. The average molecular weight is 559 g/mol. The predicted molar refractivity (Wildman–Crippen MR) is 133 cm³/mol. The van der Waals surface area contributed by atoms with Gasteiger partial charge >= 0.3 is 17.9 Å². The van der Waals surface area contributed by atoms with E-state index in [1.165, 1.54) is 13.0 Å². The molecular weight excluding hydrogens is 524 g/mol. The van der Waals surface area contributed by atoms with Crippen LogP contribution in [0.4, 0.5) is 0 Å². The molecule has 7 rings (SSSR count). The highest BCUT2D eigenvalue weighted by atomic mass is 16.7. The van der Waals surface area contributed by atoms with Crippen LogP contribution in [0.2, 0.25) is 0 Å². The van der Waals surface area contributed by atoms with E-state index >= 15 is 0 Å². The molecule has 0 amide bonds. The van der Waals surface area contributed by atoms with Crippen molar-refractivity contribution in [1.82, 2.24) is 0 Å². The Kier molecular flexibility index (Phi) is 5.66. The Balaban J connectivity index is 1.31. The van der Waals surface area contributed by atoms with Crippen LogP contribution in [0.15, 0.2) is 35.6 Å². The first-order valence-corrected chi connectivity index (χ1v) is 13.9.